The molecule has 0 saturated carbocycles. The molecular formula is C21H33IN4O3. The Bertz CT molecular complexity index is 730. The molecule has 2 saturated heterocycles. The molecule has 0 radical (unpaired) electrons. The summed E-state index contributed by atoms with van der Waals surface area (Å²) >= 11 is 0. The Morgan fingerprint density at radius 3 is 2.59 bits per heavy atom. The number of hydrogen-bond acceptors (Lipinski definition) is 5. The van der Waals surface area contributed by atoms with Gasteiger partial charge in [0.1, 0.15) is 0 Å². The second-order valence-electron chi connectivity index (χ2n) is 7.86. The van der Waals surface area contributed by atoms with Gasteiger partial charge in [0.2, 0.25) is 0 Å². The molecular weight excluding hydrogens is 483 g/mol. The summed E-state index contributed by atoms with van der Waals surface area (Å²) in [5.41, 5.74) is 2.68. The van der Waals surface area contributed by atoms with Crippen LogP contribution in [0.4, 0.5) is 0 Å². The summed E-state index contributed by atoms with van der Waals surface area (Å²) in [4.78, 5) is 6.85. The number of hydrogen-bond donors (Lipinski definition) is 2. The quantitative estimate of drug-likeness (QED) is 0.344. The van der Waals surface area contributed by atoms with Gasteiger partial charge in [-0.1, -0.05) is 0 Å². The molecule has 0 aromatic heterocycles. The molecule has 3 aliphatic heterocycles. The number of aliphatic imine (C=N–C) groups is 1. The molecule has 4 rings (SSSR count). The molecule has 7 nitrogen and oxygen atoms in total. The first-order valence-electron chi connectivity index (χ1n) is 10.3. The zero-order valence-electron chi connectivity index (χ0n) is 17.6. The number of ether oxygens (including phenoxy) is 3. The Morgan fingerprint density at radius 2 is 1.97 bits per heavy atom. The van der Waals surface area contributed by atoms with Crippen LogP contribution >= 0.6 is 24.0 Å². The van der Waals surface area contributed by atoms with E-state index in [9.17, 15) is 0 Å². The molecule has 2 bridgehead atoms. The van der Waals surface area contributed by atoms with Crippen LogP contribution in [0.25, 0.3) is 0 Å². The minimum Gasteiger partial charge on any atom is -0.493 e. The van der Waals surface area contributed by atoms with E-state index in [4.69, 9.17) is 14.2 Å². The van der Waals surface area contributed by atoms with Gasteiger partial charge in [-0.05, 0) is 48.9 Å². The van der Waals surface area contributed by atoms with Crippen LogP contribution in [0.5, 0.6) is 11.5 Å². The van der Waals surface area contributed by atoms with E-state index < -0.39 is 0 Å². The summed E-state index contributed by atoms with van der Waals surface area (Å²) in [6.45, 7) is 3.83. The lowest BCUT2D eigenvalue weighted by atomic mass is 9.96. The molecule has 29 heavy (non-hydrogen) atoms. The van der Waals surface area contributed by atoms with Crippen molar-refractivity contribution in [3.8, 4) is 11.5 Å². The predicted octanol–water partition coefficient (Wildman–Crippen LogP) is 2.16. The van der Waals surface area contributed by atoms with Crippen molar-refractivity contribution in [1.82, 2.24) is 15.5 Å². The van der Waals surface area contributed by atoms with E-state index in [-0.39, 0.29) is 24.0 Å². The maximum atomic E-state index is 5.93. The monoisotopic (exact) mass is 516 g/mol. The van der Waals surface area contributed by atoms with Crippen LogP contribution in [0.3, 0.4) is 0 Å². The van der Waals surface area contributed by atoms with Gasteiger partial charge in [0, 0.05) is 33.2 Å². The maximum absolute atomic E-state index is 5.93. The standard InChI is InChI=1S/C21H32N4O3.HI/c1-22-21(24-17-12-16-4-5-18(17)28-16)23-7-9-25-8-6-14-10-19(26-2)20(27-3)11-15(14)13-25;/h10-11,16-18H,4-9,12-13H2,1-3H3,(H2,22,23,24);1H. The molecule has 1 aromatic rings. The lowest BCUT2D eigenvalue weighted by Crippen LogP contribution is -2.49. The summed E-state index contributed by atoms with van der Waals surface area (Å²) in [6.07, 6.45) is 5.31. The van der Waals surface area contributed by atoms with Gasteiger partial charge in [0.05, 0.1) is 32.5 Å². The Hall–Kier alpha value is -1.26. The van der Waals surface area contributed by atoms with Gasteiger partial charge in [0.25, 0.3) is 0 Å². The topological polar surface area (TPSA) is 67.4 Å². The van der Waals surface area contributed by atoms with Crippen LogP contribution in [-0.2, 0) is 17.7 Å². The number of nitrogens with one attached hydrogen (secondary N) is 2. The number of benzene rings is 1. The fourth-order valence-electron chi connectivity index (χ4n) is 4.62. The Morgan fingerprint density at radius 1 is 1.21 bits per heavy atom. The number of guanidine groups is 1. The number of fused-ring (bicyclic) bond motifs is 3. The van der Waals surface area contributed by atoms with Crippen molar-refractivity contribution in [2.45, 2.75) is 50.5 Å². The maximum Gasteiger partial charge on any atom is 0.191 e. The smallest absolute Gasteiger partial charge is 0.191 e. The zero-order valence-corrected chi connectivity index (χ0v) is 19.9. The number of methoxy groups -OCH3 is 2. The molecule has 3 aliphatic rings. The number of rotatable bonds is 6. The fourth-order valence-corrected chi connectivity index (χ4v) is 4.62. The molecule has 2 fully saturated rings. The van der Waals surface area contributed by atoms with Gasteiger partial charge in [0.15, 0.2) is 17.5 Å². The summed E-state index contributed by atoms with van der Waals surface area (Å²) in [5.74, 6) is 2.50. The molecule has 162 valence electrons. The van der Waals surface area contributed by atoms with E-state index in [0.29, 0.717) is 18.2 Å². The average molecular weight is 516 g/mol. The van der Waals surface area contributed by atoms with Crippen molar-refractivity contribution in [3.63, 3.8) is 0 Å². The summed E-state index contributed by atoms with van der Waals surface area (Å²) in [6, 6.07) is 4.63. The van der Waals surface area contributed by atoms with Crippen LogP contribution in [0.1, 0.15) is 30.4 Å². The van der Waals surface area contributed by atoms with E-state index in [1.807, 2.05) is 7.05 Å². The van der Waals surface area contributed by atoms with E-state index in [1.165, 1.54) is 24.0 Å². The second-order valence-corrected chi connectivity index (χ2v) is 7.86. The minimum atomic E-state index is 0. The first-order valence-corrected chi connectivity index (χ1v) is 10.3. The zero-order chi connectivity index (χ0) is 19.5. The van der Waals surface area contributed by atoms with Crippen molar-refractivity contribution in [2.75, 3.05) is 40.9 Å². The van der Waals surface area contributed by atoms with E-state index in [1.54, 1.807) is 14.2 Å². The average Bonchev–Trinajstić information content (AvgIpc) is 3.35. The molecule has 1 aromatic carbocycles. The number of halogens is 1. The van der Waals surface area contributed by atoms with E-state index in [0.717, 1.165) is 56.5 Å². The Balaban J connectivity index is 0.00000240. The van der Waals surface area contributed by atoms with Gasteiger partial charge in [-0.3, -0.25) is 9.89 Å². The molecule has 2 N–H and O–H groups in total. The van der Waals surface area contributed by atoms with Crippen molar-refractivity contribution >= 4 is 29.9 Å². The van der Waals surface area contributed by atoms with Crippen LogP contribution < -0.4 is 20.1 Å². The van der Waals surface area contributed by atoms with E-state index in [2.05, 4.69) is 32.7 Å². The minimum absolute atomic E-state index is 0. The van der Waals surface area contributed by atoms with Crippen LogP contribution in [0.15, 0.2) is 17.1 Å². The first-order chi connectivity index (χ1) is 13.7. The molecule has 0 aliphatic carbocycles. The van der Waals surface area contributed by atoms with Crippen LogP contribution in [0, 0.1) is 0 Å². The highest BCUT2D eigenvalue weighted by Crippen LogP contribution is 2.34. The van der Waals surface area contributed by atoms with Gasteiger partial charge in [-0.25, -0.2) is 0 Å². The molecule has 3 unspecified atom stereocenters. The highest BCUT2D eigenvalue weighted by Gasteiger charge is 2.41. The summed E-state index contributed by atoms with van der Waals surface area (Å²) in [5, 5.41) is 7.01. The third-order valence-corrected chi connectivity index (χ3v) is 6.17. The van der Waals surface area contributed by atoms with Crippen molar-refractivity contribution in [3.05, 3.63) is 23.3 Å². The van der Waals surface area contributed by atoms with Crippen LogP contribution in [0.2, 0.25) is 0 Å². The van der Waals surface area contributed by atoms with Crippen molar-refractivity contribution < 1.29 is 14.2 Å². The Kier molecular flexibility index (Phi) is 7.86. The first kappa shape index (κ1) is 22.4. The summed E-state index contributed by atoms with van der Waals surface area (Å²) in [7, 11) is 5.21. The molecule has 3 heterocycles. The fraction of sp³-hybridized carbons (Fsp3) is 0.667. The van der Waals surface area contributed by atoms with E-state index >= 15 is 0 Å². The molecule has 0 amide bonds. The normalized spacial score (nSPS) is 25.9. The van der Waals surface area contributed by atoms with Gasteiger partial charge >= 0.3 is 0 Å². The Labute approximate surface area is 190 Å². The highest BCUT2D eigenvalue weighted by molar-refractivity contribution is 14.0. The van der Waals surface area contributed by atoms with Gasteiger partial charge in [-0.15, -0.1) is 24.0 Å². The van der Waals surface area contributed by atoms with Gasteiger partial charge < -0.3 is 24.8 Å². The molecule has 3 atom stereocenters. The second kappa shape index (κ2) is 10.2. The van der Waals surface area contributed by atoms with Crippen molar-refractivity contribution in [2.24, 2.45) is 4.99 Å². The largest absolute Gasteiger partial charge is 0.493 e. The SMILES string of the molecule is CN=C(NCCN1CCc2cc(OC)c(OC)cc2C1)NC1CC2CCC1O2.I. The van der Waals surface area contributed by atoms with Crippen LogP contribution in [-0.4, -0.2) is 70.0 Å². The third kappa shape index (κ3) is 5.08. The predicted molar refractivity (Wildman–Crippen MR) is 125 cm³/mol. The molecule has 8 heteroatoms. The summed E-state index contributed by atoms with van der Waals surface area (Å²) < 4.78 is 16.8. The lowest BCUT2D eigenvalue weighted by Gasteiger charge is -2.30. The van der Waals surface area contributed by atoms with Gasteiger partial charge in [-0.2, -0.15) is 0 Å². The number of nitrogens with zero attached hydrogens (tertiary/aromatic N) is 2. The third-order valence-electron chi connectivity index (χ3n) is 6.17. The molecule has 0 spiro atoms. The lowest BCUT2D eigenvalue weighted by molar-refractivity contribution is 0.0992. The highest BCUT2D eigenvalue weighted by atomic mass is 127. The van der Waals surface area contributed by atoms with Crippen molar-refractivity contribution in [1.29, 1.82) is 0 Å².